The smallest absolute Gasteiger partial charge is 0.337 e. The highest BCUT2D eigenvalue weighted by Gasteiger charge is 2.22. The van der Waals surface area contributed by atoms with Crippen LogP contribution in [-0.2, 0) is 4.74 Å². The van der Waals surface area contributed by atoms with E-state index in [1.807, 2.05) is 48.5 Å². The van der Waals surface area contributed by atoms with E-state index in [2.05, 4.69) is 48.3 Å². The summed E-state index contributed by atoms with van der Waals surface area (Å²) in [6.07, 6.45) is 0. The van der Waals surface area contributed by atoms with Gasteiger partial charge in [0.05, 0.1) is 35.4 Å². The fourth-order valence-electron chi connectivity index (χ4n) is 4.08. The van der Waals surface area contributed by atoms with Crippen molar-refractivity contribution in [2.75, 3.05) is 19.1 Å². The zero-order valence-corrected chi connectivity index (χ0v) is 17.9. The van der Waals surface area contributed by atoms with Gasteiger partial charge in [0.2, 0.25) is 0 Å². The molecule has 0 spiro atoms. The molecule has 1 heterocycles. The summed E-state index contributed by atoms with van der Waals surface area (Å²) in [7, 11) is 3.46. The van der Waals surface area contributed by atoms with Crippen molar-refractivity contribution in [2.45, 2.75) is 0 Å². The maximum Gasteiger partial charge on any atom is 0.337 e. The minimum Gasteiger partial charge on any atom is -0.465 e. The molecular formula is C28H22N2O2. The van der Waals surface area contributed by atoms with Crippen molar-refractivity contribution >= 4 is 28.7 Å². The number of aliphatic imine (C=N–C) groups is 1. The number of hydrogen-bond acceptors (Lipinski definition) is 4. The molecule has 1 aliphatic rings. The number of carbonyl (C=O) groups is 1. The normalized spacial score (nSPS) is 12.3. The number of hydrogen-bond donors (Lipinski definition) is 0. The van der Waals surface area contributed by atoms with Crippen molar-refractivity contribution in [3.8, 4) is 11.1 Å². The summed E-state index contributed by atoms with van der Waals surface area (Å²) >= 11 is 0. The molecule has 0 radical (unpaired) electrons. The summed E-state index contributed by atoms with van der Waals surface area (Å²) in [5.41, 5.74) is 8.66. The van der Waals surface area contributed by atoms with E-state index in [4.69, 9.17) is 9.73 Å². The molecule has 0 unspecified atom stereocenters. The first-order valence-electron chi connectivity index (χ1n) is 10.5. The van der Waals surface area contributed by atoms with E-state index < -0.39 is 0 Å². The van der Waals surface area contributed by atoms with Gasteiger partial charge in [-0.3, -0.25) is 0 Å². The average Bonchev–Trinajstić information content (AvgIpc) is 2.98. The number of anilines is 2. The summed E-state index contributed by atoms with van der Waals surface area (Å²) in [4.78, 5) is 19.2. The van der Waals surface area contributed by atoms with Gasteiger partial charge in [0, 0.05) is 18.2 Å². The van der Waals surface area contributed by atoms with Crippen molar-refractivity contribution < 1.29 is 9.53 Å². The van der Waals surface area contributed by atoms with Gasteiger partial charge in [-0.15, -0.1) is 0 Å². The molecule has 0 saturated heterocycles. The van der Waals surface area contributed by atoms with Gasteiger partial charge in [0.25, 0.3) is 0 Å². The van der Waals surface area contributed by atoms with Gasteiger partial charge in [-0.05, 0) is 47.5 Å². The van der Waals surface area contributed by atoms with Crippen LogP contribution in [0.1, 0.15) is 21.5 Å². The third kappa shape index (κ3) is 3.46. The Morgan fingerprint density at radius 2 is 1.44 bits per heavy atom. The maximum atomic E-state index is 11.9. The highest BCUT2D eigenvalue weighted by molar-refractivity contribution is 6.19. The van der Waals surface area contributed by atoms with E-state index in [0.717, 1.165) is 45.0 Å². The molecule has 0 fully saturated rings. The minimum atomic E-state index is -0.351. The summed E-state index contributed by atoms with van der Waals surface area (Å²) < 4.78 is 4.85. The predicted molar refractivity (Wildman–Crippen MR) is 129 cm³/mol. The second-order valence-corrected chi connectivity index (χ2v) is 7.68. The van der Waals surface area contributed by atoms with Gasteiger partial charge in [0.15, 0.2) is 0 Å². The SMILES string of the molecule is COC(=O)c1ccc(C2=Nc3ccccc3N(C)c3ccc(-c4ccccc4)cc32)cc1. The Hall–Kier alpha value is -4.18. The fourth-order valence-corrected chi connectivity index (χ4v) is 4.08. The van der Waals surface area contributed by atoms with Gasteiger partial charge in [-0.1, -0.05) is 60.7 Å². The molecule has 0 amide bonds. The molecule has 4 nitrogen and oxygen atoms in total. The Labute approximate surface area is 187 Å². The van der Waals surface area contributed by atoms with Crippen molar-refractivity contribution in [3.63, 3.8) is 0 Å². The zero-order valence-electron chi connectivity index (χ0n) is 17.9. The van der Waals surface area contributed by atoms with E-state index in [0.29, 0.717) is 5.56 Å². The Morgan fingerprint density at radius 1 is 0.750 bits per heavy atom. The van der Waals surface area contributed by atoms with Gasteiger partial charge >= 0.3 is 5.97 Å². The van der Waals surface area contributed by atoms with Crippen LogP contribution in [-0.4, -0.2) is 25.8 Å². The van der Waals surface area contributed by atoms with Gasteiger partial charge in [-0.2, -0.15) is 0 Å². The molecular weight excluding hydrogens is 396 g/mol. The lowest BCUT2D eigenvalue weighted by Crippen LogP contribution is -2.13. The molecule has 4 aromatic carbocycles. The summed E-state index contributed by atoms with van der Waals surface area (Å²) in [6.45, 7) is 0. The number of para-hydroxylation sites is 2. The van der Waals surface area contributed by atoms with Gasteiger partial charge in [-0.25, -0.2) is 9.79 Å². The maximum absolute atomic E-state index is 11.9. The lowest BCUT2D eigenvalue weighted by atomic mass is 9.95. The Balaban J connectivity index is 1.72. The Morgan fingerprint density at radius 3 is 2.19 bits per heavy atom. The number of nitrogens with zero attached hydrogens (tertiary/aromatic N) is 2. The van der Waals surface area contributed by atoms with Crippen LogP contribution in [0.2, 0.25) is 0 Å². The quantitative estimate of drug-likeness (QED) is 0.362. The third-order valence-electron chi connectivity index (χ3n) is 5.77. The van der Waals surface area contributed by atoms with E-state index in [-0.39, 0.29) is 5.97 Å². The van der Waals surface area contributed by atoms with Crippen LogP contribution in [0.15, 0.2) is 102 Å². The molecule has 0 N–H and O–H groups in total. The van der Waals surface area contributed by atoms with Crippen LogP contribution < -0.4 is 4.90 Å². The largest absolute Gasteiger partial charge is 0.465 e. The third-order valence-corrected chi connectivity index (χ3v) is 5.77. The topological polar surface area (TPSA) is 41.9 Å². The van der Waals surface area contributed by atoms with Crippen molar-refractivity contribution in [2.24, 2.45) is 4.99 Å². The molecule has 0 bridgehead atoms. The molecule has 1 aliphatic heterocycles. The molecule has 0 saturated carbocycles. The van der Waals surface area contributed by atoms with Crippen LogP contribution >= 0.6 is 0 Å². The molecule has 4 heteroatoms. The molecule has 32 heavy (non-hydrogen) atoms. The summed E-state index contributed by atoms with van der Waals surface area (Å²) in [5.74, 6) is -0.351. The molecule has 0 aromatic heterocycles. The number of ether oxygens (including phenoxy) is 1. The Bertz CT molecular complexity index is 1330. The lowest BCUT2D eigenvalue weighted by Gasteiger charge is -2.22. The first-order valence-corrected chi connectivity index (χ1v) is 10.5. The summed E-state index contributed by atoms with van der Waals surface area (Å²) in [5, 5.41) is 0. The lowest BCUT2D eigenvalue weighted by molar-refractivity contribution is 0.0600. The van der Waals surface area contributed by atoms with Crippen LogP contribution in [0, 0.1) is 0 Å². The standard InChI is InChI=1S/C28H22N2O2/c1-30-25-17-16-22(19-8-4-3-5-9-19)18-23(25)27(29-24-10-6-7-11-26(24)30)20-12-14-21(15-13-20)28(31)32-2/h3-18H,1-2H3. The number of methoxy groups -OCH3 is 1. The fraction of sp³-hybridized carbons (Fsp3) is 0.0714. The van der Waals surface area contributed by atoms with Crippen LogP contribution in [0.3, 0.4) is 0 Å². The molecule has 0 aliphatic carbocycles. The first-order chi connectivity index (χ1) is 15.7. The van der Waals surface area contributed by atoms with Gasteiger partial charge < -0.3 is 9.64 Å². The predicted octanol–water partition coefficient (Wildman–Crippen LogP) is 6.39. The molecule has 4 aromatic rings. The number of benzene rings is 4. The van der Waals surface area contributed by atoms with Crippen LogP contribution in [0.4, 0.5) is 17.1 Å². The molecule has 0 atom stereocenters. The summed E-state index contributed by atoms with van der Waals surface area (Å²) in [6, 6.07) is 32.4. The second kappa shape index (κ2) is 8.16. The molecule has 156 valence electrons. The Kier molecular flexibility index (Phi) is 5.04. The zero-order chi connectivity index (χ0) is 22.1. The van der Waals surface area contributed by atoms with E-state index >= 15 is 0 Å². The van der Waals surface area contributed by atoms with Crippen molar-refractivity contribution in [1.29, 1.82) is 0 Å². The van der Waals surface area contributed by atoms with Crippen LogP contribution in [0.5, 0.6) is 0 Å². The van der Waals surface area contributed by atoms with E-state index in [9.17, 15) is 4.79 Å². The number of fused-ring (bicyclic) bond motifs is 2. The van der Waals surface area contributed by atoms with E-state index in [1.165, 1.54) is 7.11 Å². The van der Waals surface area contributed by atoms with Gasteiger partial charge in [0.1, 0.15) is 0 Å². The van der Waals surface area contributed by atoms with Crippen molar-refractivity contribution in [3.05, 3.63) is 114 Å². The monoisotopic (exact) mass is 418 g/mol. The number of esters is 1. The molecule has 5 rings (SSSR count). The minimum absolute atomic E-state index is 0.351. The number of carbonyl (C=O) groups excluding carboxylic acids is 1. The first kappa shape index (κ1) is 19.8. The van der Waals surface area contributed by atoms with Crippen molar-refractivity contribution in [1.82, 2.24) is 0 Å². The highest BCUT2D eigenvalue weighted by Crippen LogP contribution is 2.40. The second-order valence-electron chi connectivity index (χ2n) is 7.68. The van der Waals surface area contributed by atoms with Crippen LogP contribution in [0.25, 0.3) is 11.1 Å². The van der Waals surface area contributed by atoms with E-state index in [1.54, 1.807) is 12.1 Å². The highest BCUT2D eigenvalue weighted by atomic mass is 16.5. The number of rotatable bonds is 3. The average molecular weight is 418 g/mol.